The second-order valence-electron chi connectivity index (χ2n) is 1.97. The summed E-state index contributed by atoms with van der Waals surface area (Å²) in [7, 11) is 0. The number of hydrogen-bond acceptors (Lipinski definition) is 0. The van der Waals surface area contributed by atoms with Gasteiger partial charge in [-0.05, 0) is 34.7 Å². The fourth-order valence-electron chi connectivity index (χ4n) is 0.700. The van der Waals surface area contributed by atoms with E-state index in [1.54, 1.807) is 12.1 Å². The van der Waals surface area contributed by atoms with Crippen molar-refractivity contribution in [1.29, 1.82) is 0 Å². The van der Waals surface area contributed by atoms with Gasteiger partial charge in [-0.15, -0.1) is 0 Å². The van der Waals surface area contributed by atoms with E-state index in [4.69, 9.17) is 0 Å². The first-order valence-corrected chi connectivity index (χ1v) is 4.95. The number of hydrogen-bond donors (Lipinski definition) is 0. The van der Waals surface area contributed by atoms with E-state index in [1.807, 2.05) is 12.1 Å². The summed E-state index contributed by atoms with van der Waals surface area (Å²) in [6, 6.07) is 7.27. The van der Waals surface area contributed by atoms with Crippen molar-refractivity contribution in [3.63, 3.8) is 0 Å². The van der Waals surface area contributed by atoms with Gasteiger partial charge in [0.2, 0.25) is 0 Å². The van der Waals surface area contributed by atoms with Crippen LogP contribution >= 0.6 is 38.5 Å². The fraction of sp³-hybridized carbons (Fsp3) is 0. The zero-order valence-corrected chi connectivity index (χ0v) is 9.26. The monoisotopic (exact) mass is 326 g/mol. The molecule has 1 aromatic carbocycles. The summed E-state index contributed by atoms with van der Waals surface area (Å²) in [5, 5.41) is 0. The Labute approximate surface area is 86.8 Å². The first kappa shape index (κ1) is 9.19. The molecule has 0 N–H and O–H groups in total. The molecule has 0 saturated carbocycles. The maximum Gasteiger partial charge on any atom is 0.137 e. The van der Waals surface area contributed by atoms with Crippen LogP contribution in [0, 0.1) is 3.57 Å². The van der Waals surface area contributed by atoms with E-state index in [0.717, 1.165) is 3.57 Å². The largest absolute Gasteiger partial charge is 0.206 e. The molecule has 0 aliphatic carbocycles. The number of rotatable bonds is 1. The van der Waals surface area contributed by atoms with Crippen LogP contribution in [0.15, 0.2) is 29.3 Å². The summed E-state index contributed by atoms with van der Waals surface area (Å²) in [5.74, 6) is -0.247. The molecular weight excluding hydrogens is 322 g/mol. The molecule has 0 unspecified atom stereocenters. The zero-order valence-electron chi connectivity index (χ0n) is 5.52. The van der Waals surface area contributed by atoms with Crippen LogP contribution < -0.4 is 0 Å². The van der Waals surface area contributed by atoms with Crippen molar-refractivity contribution in [1.82, 2.24) is 0 Å². The van der Waals surface area contributed by atoms with E-state index in [2.05, 4.69) is 38.5 Å². The Morgan fingerprint density at radius 2 is 2.27 bits per heavy atom. The highest BCUT2D eigenvalue weighted by Gasteiger charge is 1.97. The maximum absolute atomic E-state index is 12.9. The molecular formula is C8H5BrFI. The minimum atomic E-state index is -0.247. The first-order valence-electron chi connectivity index (χ1n) is 2.96. The van der Waals surface area contributed by atoms with E-state index >= 15 is 0 Å². The van der Waals surface area contributed by atoms with Gasteiger partial charge in [0, 0.05) is 14.1 Å². The van der Waals surface area contributed by atoms with Gasteiger partial charge in [0.1, 0.15) is 5.83 Å². The van der Waals surface area contributed by atoms with Crippen LogP contribution in [0.1, 0.15) is 5.56 Å². The average molecular weight is 327 g/mol. The molecule has 0 heterocycles. The molecule has 0 aliphatic heterocycles. The third kappa shape index (κ3) is 2.56. The van der Waals surface area contributed by atoms with Crippen molar-refractivity contribution in [3.8, 4) is 0 Å². The molecule has 58 valence electrons. The van der Waals surface area contributed by atoms with Gasteiger partial charge >= 0.3 is 0 Å². The van der Waals surface area contributed by atoms with Crippen molar-refractivity contribution < 1.29 is 4.39 Å². The zero-order chi connectivity index (χ0) is 8.27. The average Bonchev–Trinajstić information content (AvgIpc) is 2.03. The van der Waals surface area contributed by atoms with Gasteiger partial charge in [-0.3, -0.25) is 0 Å². The predicted molar refractivity (Wildman–Crippen MR) is 57.2 cm³/mol. The number of benzene rings is 1. The van der Waals surface area contributed by atoms with Crippen LogP contribution in [0.5, 0.6) is 0 Å². The highest BCUT2D eigenvalue weighted by molar-refractivity contribution is 14.1. The van der Waals surface area contributed by atoms with E-state index in [1.165, 1.54) is 4.99 Å². The van der Waals surface area contributed by atoms with Crippen LogP contribution in [0.4, 0.5) is 4.39 Å². The molecule has 0 bridgehead atoms. The quantitative estimate of drug-likeness (QED) is 0.685. The van der Waals surface area contributed by atoms with Crippen LogP contribution in [-0.4, -0.2) is 0 Å². The fourth-order valence-corrected chi connectivity index (χ4v) is 1.51. The standard InChI is InChI=1S/C8H5BrFI/c9-5-8(10)6-2-1-3-7(11)4-6/h1-5H/b8-5-. The maximum atomic E-state index is 12.9. The van der Waals surface area contributed by atoms with Gasteiger partial charge in [0.05, 0.1) is 0 Å². The third-order valence-corrected chi connectivity index (χ3v) is 2.27. The van der Waals surface area contributed by atoms with Gasteiger partial charge in [0.15, 0.2) is 0 Å². The van der Waals surface area contributed by atoms with E-state index < -0.39 is 0 Å². The van der Waals surface area contributed by atoms with Crippen LogP contribution in [-0.2, 0) is 0 Å². The highest BCUT2D eigenvalue weighted by Crippen LogP contribution is 2.19. The Hall–Kier alpha value is 0.100. The molecule has 0 nitrogen and oxygen atoms in total. The van der Waals surface area contributed by atoms with Crippen molar-refractivity contribution in [2.75, 3.05) is 0 Å². The summed E-state index contributed by atoms with van der Waals surface area (Å²) in [5.41, 5.74) is 0.605. The summed E-state index contributed by atoms with van der Waals surface area (Å²) < 4.78 is 13.9. The summed E-state index contributed by atoms with van der Waals surface area (Å²) in [4.78, 5) is 1.28. The Morgan fingerprint density at radius 1 is 1.55 bits per heavy atom. The van der Waals surface area contributed by atoms with Gasteiger partial charge < -0.3 is 0 Å². The Bertz CT molecular complexity index is 283. The lowest BCUT2D eigenvalue weighted by molar-refractivity contribution is 0.762. The molecule has 1 aromatic rings. The topological polar surface area (TPSA) is 0 Å². The van der Waals surface area contributed by atoms with Gasteiger partial charge in [-0.1, -0.05) is 28.1 Å². The van der Waals surface area contributed by atoms with E-state index in [-0.39, 0.29) is 5.83 Å². The van der Waals surface area contributed by atoms with E-state index in [0.29, 0.717) is 5.56 Å². The molecule has 0 atom stereocenters. The molecule has 0 saturated heterocycles. The van der Waals surface area contributed by atoms with Gasteiger partial charge in [0.25, 0.3) is 0 Å². The van der Waals surface area contributed by atoms with Crippen molar-refractivity contribution in [3.05, 3.63) is 38.4 Å². The minimum absolute atomic E-state index is 0.247. The molecule has 3 heteroatoms. The molecule has 0 amide bonds. The number of halogens is 3. The molecule has 11 heavy (non-hydrogen) atoms. The molecule has 0 aromatic heterocycles. The van der Waals surface area contributed by atoms with Crippen molar-refractivity contribution in [2.24, 2.45) is 0 Å². The van der Waals surface area contributed by atoms with Crippen LogP contribution in [0.25, 0.3) is 5.83 Å². The van der Waals surface area contributed by atoms with Crippen LogP contribution in [0.3, 0.4) is 0 Å². The first-order chi connectivity index (χ1) is 5.24. The Kier molecular flexibility index (Phi) is 3.51. The van der Waals surface area contributed by atoms with Gasteiger partial charge in [-0.25, -0.2) is 4.39 Å². The minimum Gasteiger partial charge on any atom is -0.206 e. The lowest BCUT2D eigenvalue weighted by Gasteiger charge is -1.95. The molecule has 0 spiro atoms. The summed E-state index contributed by atoms with van der Waals surface area (Å²) in [6.45, 7) is 0. The van der Waals surface area contributed by atoms with Gasteiger partial charge in [-0.2, -0.15) is 0 Å². The smallest absolute Gasteiger partial charge is 0.137 e. The second kappa shape index (κ2) is 4.21. The summed E-state index contributed by atoms with van der Waals surface area (Å²) >= 11 is 5.08. The third-order valence-electron chi connectivity index (χ3n) is 1.20. The predicted octanol–water partition coefficient (Wildman–Crippen LogP) is 3.95. The molecule has 1 rings (SSSR count). The normalized spacial score (nSPS) is 11.7. The van der Waals surface area contributed by atoms with E-state index in [9.17, 15) is 4.39 Å². The highest BCUT2D eigenvalue weighted by atomic mass is 127. The molecule has 0 radical (unpaired) electrons. The van der Waals surface area contributed by atoms with Crippen LogP contribution in [0.2, 0.25) is 0 Å². The van der Waals surface area contributed by atoms with Crippen molar-refractivity contribution in [2.45, 2.75) is 0 Å². The second-order valence-corrected chi connectivity index (χ2v) is 3.67. The lowest BCUT2D eigenvalue weighted by Crippen LogP contribution is -1.77. The molecule has 0 aliphatic rings. The summed E-state index contributed by atoms with van der Waals surface area (Å²) in [6.07, 6.45) is 0. The SMILES string of the molecule is F/C(=C\Br)c1cccc(I)c1. The molecule has 0 fully saturated rings. The Balaban J connectivity index is 3.06. The Morgan fingerprint density at radius 3 is 2.82 bits per heavy atom. The lowest BCUT2D eigenvalue weighted by atomic mass is 10.2. The van der Waals surface area contributed by atoms with Crippen molar-refractivity contribution >= 4 is 44.3 Å².